The number of rotatable bonds is 5. The van der Waals surface area contributed by atoms with E-state index in [0.717, 1.165) is 10.9 Å². The number of ketones is 1. The molecule has 0 aliphatic heterocycles. The first-order valence-corrected chi connectivity index (χ1v) is 9.83. The van der Waals surface area contributed by atoms with Crippen molar-refractivity contribution >= 4 is 17.4 Å². The van der Waals surface area contributed by atoms with Crippen molar-refractivity contribution in [3.63, 3.8) is 0 Å². The fourth-order valence-electron chi connectivity index (χ4n) is 3.25. The number of carbonyl (C=O) groups is 1. The third-order valence-corrected chi connectivity index (χ3v) is 5.12. The molecule has 4 rings (SSSR count). The average molecular weight is 500 g/mol. The highest BCUT2D eigenvalue weighted by Gasteiger charge is 2.37. The molecule has 2 aromatic carbocycles. The number of alkyl halides is 6. The van der Waals surface area contributed by atoms with Crippen molar-refractivity contribution in [3.05, 3.63) is 88.0 Å². The zero-order chi connectivity index (χ0) is 24.7. The lowest BCUT2D eigenvalue weighted by molar-refractivity contribution is -0.143. The van der Waals surface area contributed by atoms with Crippen LogP contribution in [0.15, 0.2) is 54.9 Å². The van der Waals surface area contributed by atoms with Gasteiger partial charge in [-0.3, -0.25) is 9.89 Å². The number of hydrogen-bond donors (Lipinski definition) is 1. The van der Waals surface area contributed by atoms with Gasteiger partial charge in [0.2, 0.25) is 5.78 Å². The molecule has 2 aromatic heterocycles. The van der Waals surface area contributed by atoms with Crippen LogP contribution in [0.5, 0.6) is 0 Å². The van der Waals surface area contributed by atoms with Gasteiger partial charge in [0, 0.05) is 16.1 Å². The molecule has 0 saturated heterocycles. The molecule has 0 aliphatic carbocycles. The quantitative estimate of drug-likeness (QED) is 0.285. The Hall–Kier alpha value is -3.67. The van der Waals surface area contributed by atoms with Crippen molar-refractivity contribution in [3.8, 4) is 11.1 Å². The third kappa shape index (κ3) is 4.81. The molecule has 4 aromatic rings. The average Bonchev–Trinajstić information content (AvgIpc) is 3.42. The summed E-state index contributed by atoms with van der Waals surface area (Å²) >= 11 is 6.18. The Morgan fingerprint density at radius 3 is 2.24 bits per heavy atom. The van der Waals surface area contributed by atoms with E-state index in [1.54, 1.807) is 24.3 Å². The lowest BCUT2D eigenvalue weighted by Crippen LogP contribution is -2.13. The fraction of sp³-hybridized carbons (Fsp3) is 0.143. The van der Waals surface area contributed by atoms with Gasteiger partial charge in [-0.2, -0.15) is 31.4 Å². The van der Waals surface area contributed by atoms with E-state index in [1.807, 2.05) is 0 Å². The van der Waals surface area contributed by atoms with Crippen LogP contribution < -0.4 is 0 Å². The maximum Gasteiger partial charge on any atom is 0.416 e. The van der Waals surface area contributed by atoms with Crippen molar-refractivity contribution < 1.29 is 31.1 Å². The van der Waals surface area contributed by atoms with Crippen LogP contribution in [0.3, 0.4) is 0 Å². The number of nitrogens with one attached hydrogen (secondary N) is 1. The first-order chi connectivity index (χ1) is 15.9. The van der Waals surface area contributed by atoms with E-state index in [9.17, 15) is 31.1 Å². The van der Waals surface area contributed by atoms with Crippen LogP contribution in [-0.2, 0) is 18.9 Å². The number of halogens is 7. The van der Waals surface area contributed by atoms with Crippen LogP contribution in [0.25, 0.3) is 11.1 Å². The van der Waals surface area contributed by atoms with E-state index >= 15 is 0 Å². The third-order valence-electron chi connectivity index (χ3n) is 4.79. The van der Waals surface area contributed by atoms with E-state index in [1.165, 1.54) is 6.20 Å². The van der Waals surface area contributed by atoms with Crippen LogP contribution in [0.4, 0.5) is 26.3 Å². The van der Waals surface area contributed by atoms with Crippen LogP contribution in [0, 0.1) is 0 Å². The molecule has 0 saturated carbocycles. The molecule has 0 fully saturated rings. The number of benzene rings is 2. The van der Waals surface area contributed by atoms with Crippen LogP contribution in [0.1, 0.15) is 32.9 Å². The smallest absolute Gasteiger partial charge is 0.285 e. The number of hydrogen-bond acceptors (Lipinski definition) is 4. The molecule has 13 heteroatoms. The van der Waals surface area contributed by atoms with Gasteiger partial charge in [0.1, 0.15) is 5.69 Å². The molecule has 34 heavy (non-hydrogen) atoms. The maximum atomic E-state index is 13.1. The van der Waals surface area contributed by atoms with Gasteiger partial charge in [-0.15, -0.1) is 5.10 Å². The van der Waals surface area contributed by atoms with E-state index in [4.69, 9.17) is 11.6 Å². The fourth-order valence-corrected chi connectivity index (χ4v) is 3.49. The molecule has 2 heterocycles. The summed E-state index contributed by atoms with van der Waals surface area (Å²) < 4.78 is 79.5. The van der Waals surface area contributed by atoms with Crippen molar-refractivity contribution in [1.82, 2.24) is 25.2 Å². The van der Waals surface area contributed by atoms with E-state index < -0.39 is 35.8 Å². The Labute approximate surface area is 192 Å². The summed E-state index contributed by atoms with van der Waals surface area (Å²) in [6.07, 6.45) is -7.45. The predicted octanol–water partition coefficient (Wildman–Crippen LogP) is 5.64. The topological polar surface area (TPSA) is 76.5 Å². The minimum Gasteiger partial charge on any atom is -0.285 e. The van der Waals surface area contributed by atoms with Gasteiger partial charge in [0.15, 0.2) is 5.69 Å². The number of nitrogens with zero attached hydrogens (tertiary/aromatic N) is 4. The summed E-state index contributed by atoms with van der Waals surface area (Å²) in [6.45, 7) is -0.479. The zero-order valence-corrected chi connectivity index (χ0v) is 17.5. The van der Waals surface area contributed by atoms with Gasteiger partial charge >= 0.3 is 12.4 Å². The summed E-state index contributed by atoms with van der Waals surface area (Å²) in [5.74, 6) is -0.640. The van der Waals surface area contributed by atoms with Gasteiger partial charge < -0.3 is 0 Å². The van der Waals surface area contributed by atoms with E-state index in [-0.39, 0.29) is 23.0 Å². The molecule has 176 valence electrons. The molecular formula is C21H12ClF6N5O. The molecule has 0 amide bonds. The molecule has 1 N–H and O–H groups in total. The molecule has 0 spiro atoms. The Kier molecular flexibility index (Phi) is 5.94. The van der Waals surface area contributed by atoms with Gasteiger partial charge in [-0.25, -0.2) is 4.68 Å². The van der Waals surface area contributed by atoms with Crippen molar-refractivity contribution in [1.29, 1.82) is 0 Å². The Morgan fingerprint density at radius 2 is 1.62 bits per heavy atom. The highest BCUT2D eigenvalue weighted by atomic mass is 35.5. The van der Waals surface area contributed by atoms with Crippen LogP contribution in [0.2, 0.25) is 5.02 Å². The van der Waals surface area contributed by atoms with E-state index in [2.05, 4.69) is 20.5 Å². The summed E-state index contributed by atoms with van der Waals surface area (Å²) in [5, 5.41) is 14.1. The highest BCUT2D eigenvalue weighted by molar-refractivity contribution is 6.33. The molecule has 0 unspecified atom stereocenters. The highest BCUT2D eigenvalue weighted by Crippen LogP contribution is 2.36. The number of aromatic amines is 1. The minimum absolute atomic E-state index is 0.0360. The maximum absolute atomic E-state index is 13.1. The number of H-pyrrole nitrogens is 1. The number of aromatic nitrogens is 5. The predicted molar refractivity (Wildman–Crippen MR) is 108 cm³/mol. The van der Waals surface area contributed by atoms with Crippen molar-refractivity contribution in [2.45, 2.75) is 18.9 Å². The molecular weight excluding hydrogens is 488 g/mol. The minimum atomic E-state index is -4.98. The van der Waals surface area contributed by atoms with E-state index in [0.29, 0.717) is 28.3 Å². The zero-order valence-electron chi connectivity index (χ0n) is 16.7. The molecule has 0 atom stereocenters. The Balaban J connectivity index is 1.63. The monoisotopic (exact) mass is 499 g/mol. The Bertz CT molecular complexity index is 1330. The standard InChI is InChI=1S/C21H12ClF6N5O/c22-16-4-2-1-3-14(16)15-8-29-31-18(15)19(34)17-10-33(32-30-17)9-11-5-12(20(23,24)25)7-13(6-11)21(26,27)28/h1-8,10H,9H2,(H,29,31). The Morgan fingerprint density at radius 1 is 0.971 bits per heavy atom. The summed E-state index contributed by atoms with van der Waals surface area (Å²) in [5.41, 5.74) is -2.45. The molecule has 0 aliphatic rings. The van der Waals surface area contributed by atoms with Gasteiger partial charge in [-0.05, 0) is 29.8 Å². The molecule has 0 radical (unpaired) electrons. The van der Waals surface area contributed by atoms with Gasteiger partial charge in [0.25, 0.3) is 0 Å². The lowest BCUT2D eigenvalue weighted by atomic mass is 10.0. The van der Waals surface area contributed by atoms with Crippen LogP contribution in [-0.4, -0.2) is 31.0 Å². The lowest BCUT2D eigenvalue weighted by Gasteiger charge is -2.14. The summed E-state index contributed by atoms with van der Waals surface area (Å²) in [4.78, 5) is 12.9. The van der Waals surface area contributed by atoms with Crippen molar-refractivity contribution in [2.75, 3.05) is 0 Å². The SMILES string of the molecule is O=C(c1cn(Cc2cc(C(F)(F)F)cc(C(F)(F)F)c2)nn1)c1[nH]ncc1-c1ccccc1Cl. The second-order valence-corrected chi connectivity index (χ2v) is 7.59. The first kappa shape index (κ1) is 23.5. The largest absolute Gasteiger partial charge is 0.416 e. The van der Waals surface area contributed by atoms with Crippen LogP contribution >= 0.6 is 11.6 Å². The molecule has 6 nitrogen and oxygen atoms in total. The summed E-state index contributed by atoms with van der Waals surface area (Å²) in [6, 6.07) is 7.92. The molecule has 0 bridgehead atoms. The number of carbonyl (C=O) groups excluding carboxylic acids is 1. The van der Waals surface area contributed by atoms with Crippen molar-refractivity contribution in [2.24, 2.45) is 0 Å². The van der Waals surface area contributed by atoms with Gasteiger partial charge in [-0.1, -0.05) is 35.0 Å². The summed E-state index contributed by atoms with van der Waals surface area (Å²) in [7, 11) is 0. The van der Waals surface area contributed by atoms with Gasteiger partial charge in [0.05, 0.1) is 30.1 Å². The second kappa shape index (κ2) is 8.60. The normalized spacial score (nSPS) is 12.2. The first-order valence-electron chi connectivity index (χ1n) is 9.45. The second-order valence-electron chi connectivity index (χ2n) is 7.18.